The van der Waals surface area contributed by atoms with Gasteiger partial charge in [0.15, 0.2) is 0 Å². The Morgan fingerprint density at radius 3 is 2.90 bits per heavy atom. The molecule has 0 fully saturated rings. The number of aryl methyl sites for hydroxylation is 2. The molecule has 0 bridgehead atoms. The molecule has 2 N–H and O–H groups in total. The van der Waals surface area contributed by atoms with Gasteiger partial charge in [-0.3, -0.25) is 4.68 Å². The number of rotatable bonds is 2. The van der Waals surface area contributed by atoms with E-state index in [-0.39, 0.29) is 11.4 Å². The monoisotopic (exact) mass is 273 g/mol. The van der Waals surface area contributed by atoms with Gasteiger partial charge in [-0.2, -0.15) is 5.10 Å². The minimum absolute atomic E-state index is 0.0979. The lowest BCUT2D eigenvalue weighted by atomic mass is 10.0. The number of H-pyrrole nitrogens is 1. The predicted molar refractivity (Wildman–Crippen MR) is 72.2 cm³/mol. The lowest BCUT2D eigenvalue weighted by molar-refractivity contribution is 0.0697. The van der Waals surface area contributed by atoms with Crippen molar-refractivity contribution >= 4 is 16.9 Å². The van der Waals surface area contributed by atoms with Crippen molar-refractivity contribution in [3.05, 3.63) is 41.5 Å². The Morgan fingerprint density at radius 1 is 1.45 bits per heavy atom. The third-order valence-corrected chi connectivity index (χ3v) is 3.35. The number of hydrogen-bond donors (Lipinski definition) is 2. The molecule has 0 aliphatic heterocycles. The largest absolute Gasteiger partial charge is 0.478 e. The van der Waals surface area contributed by atoms with Crippen LogP contribution < -0.4 is 0 Å². The van der Waals surface area contributed by atoms with E-state index in [1.807, 2.05) is 6.92 Å². The zero-order valence-electron chi connectivity index (χ0n) is 10.9. The van der Waals surface area contributed by atoms with Crippen LogP contribution in [0.1, 0.15) is 16.1 Å². The van der Waals surface area contributed by atoms with Crippen LogP contribution in [0.4, 0.5) is 4.39 Å². The van der Waals surface area contributed by atoms with E-state index in [1.54, 1.807) is 13.1 Å². The fraction of sp³-hybridized carbons (Fsp3) is 0.143. The number of benzene rings is 1. The van der Waals surface area contributed by atoms with Gasteiger partial charge < -0.3 is 10.1 Å². The number of aromatic nitrogens is 3. The van der Waals surface area contributed by atoms with Crippen LogP contribution in [0.2, 0.25) is 0 Å². The summed E-state index contributed by atoms with van der Waals surface area (Å²) in [5.41, 5.74) is 2.76. The van der Waals surface area contributed by atoms with E-state index in [4.69, 9.17) is 0 Å². The average Bonchev–Trinajstić information content (AvgIpc) is 2.89. The zero-order valence-corrected chi connectivity index (χ0v) is 10.9. The third-order valence-electron chi connectivity index (χ3n) is 3.35. The molecule has 0 amide bonds. The number of carboxylic acids is 1. The van der Waals surface area contributed by atoms with Crippen LogP contribution in [-0.2, 0) is 7.05 Å². The van der Waals surface area contributed by atoms with Crippen molar-refractivity contribution in [2.24, 2.45) is 7.05 Å². The van der Waals surface area contributed by atoms with Gasteiger partial charge in [0, 0.05) is 29.2 Å². The Labute approximate surface area is 113 Å². The van der Waals surface area contributed by atoms with Gasteiger partial charge in [-0.15, -0.1) is 0 Å². The van der Waals surface area contributed by atoms with Crippen molar-refractivity contribution in [1.29, 1.82) is 0 Å². The van der Waals surface area contributed by atoms with E-state index in [9.17, 15) is 14.3 Å². The quantitative estimate of drug-likeness (QED) is 0.754. The van der Waals surface area contributed by atoms with E-state index in [0.29, 0.717) is 16.6 Å². The van der Waals surface area contributed by atoms with E-state index in [2.05, 4.69) is 10.1 Å². The molecule has 0 aliphatic carbocycles. The summed E-state index contributed by atoms with van der Waals surface area (Å²) in [6, 6.07) is 4.40. The van der Waals surface area contributed by atoms with Crippen molar-refractivity contribution < 1.29 is 14.3 Å². The molecule has 5 nitrogen and oxygen atoms in total. The first-order valence-electron chi connectivity index (χ1n) is 6.02. The van der Waals surface area contributed by atoms with Gasteiger partial charge in [0.05, 0.1) is 11.9 Å². The maximum atomic E-state index is 13.5. The first-order chi connectivity index (χ1) is 9.49. The number of nitrogens with zero attached hydrogens (tertiary/aromatic N) is 2. The highest BCUT2D eigenvalue weighted by Crippen LogP contribution is 2.34. The standard InChI is InChI=1S/C14H12FN3O2/c1-7-12(9-5-8(15)3-4-11(9)17-7)13-10(14(19)20)6-16-18(13)2/h3-6,17H,1-2H3,(H,19,20). The van der Waals surface area contributed by atoms with Gasteiger partial charge in [-0.25, -0.2) is 9.18 Å². The molecule has 0 atom stereocenters. The van der Waals surface area contributed by atoms with Gasteiger partial charge >= 0.3 is 5.97 Å². The molecule has 0 saturated heterocycles. The lowest BCUT2D eigenvalue weighted by Gasteiger charge is -2.04. The van der Waals surface area contributed by atoms with Gasteiger partial charge in [0.25, 0.3) is 0 Å². The number of aromatic carboxylic acids is 1. The molecule has 6 heteroatoms. The van der Waals surface area contributed by atoms with Crippen LogP contribution in [0, 0.1) is 12.7 Å². The second-order valence-corrected chi connectivity index (χ2v) is 4.65. The Kier molecular flexibility index (Phi) is 2.60. The first-order valence-corrected chi connectivity index (χ1v) is 6.02. The molecule has 1 aromatic carbocycles. The molecular weight excluding hydrogens is 261 g/mol. The van der Waals surface area contributed by atoms with Crippen molar-refractivity contribution in [3.63, 3.8) is 0 Å². The van der Waals surface area contributed by atoms with Crippen molar-refractivity contribution in [3.8, 4) is 11.3 Å². The van der Waals surface area contributed by atoms with E-state index < -0.39 is 5.97 Å². The minimum Gasteiger partial charge on any atom is -0.478 e. The van der Waals surface area contributed by atoms with Crippen molar-refractivity contribution in [2.75, 3.05) is 0 Å². The lowest BCUT2D eigenvalue weighted by Crippen LogP contribution is -2.01. The normalized spacial score (nSPS) is 11.2. The molecule has 0 unspecified atom stereocenters. The minimum atomic E-state index is -1.06. The van der Waals surface area contributed by atoms with Gasteiger partial charge in [0.2, 0.25) is 0 Å². The van der Waals surface area contributed by atoms with Crippen LogP contribution in [0.5, 0.6) is 0 Å². The van der Waals surface area contributed by atoms with Crippen LogP contribution >= 0.6 is 0 Å². The number of carbonyl (C=O) groups is 1. The number of carboxylic acid groups (broad SMARTS) is 1. The summed E-state index contributed by atoms with van der Waals surface area (Å²) in [5.74, 6) is -1.42. The number of halogens is 1. The Bertz CT molecular complexity index is 832. The van der Waals surface area contributed by atoms with Crippen molar-refractivity contribution in [2.45, 2.75) is 6.92 Å². The Morgan fingerprint density at radius 2 is 2.20 bits per heavy atom. The zero-order chi connectivity index (χ0) is 14.4. The summed E-state index contributed by atoms with van der Waals surface area (Å²) in [5, 5.41) is 13.9. The topological polar surface area (TPSA) is 70.9 Å². The molecule has 20 heavy (non-hydrogen) atoms. The maximum Gasteiger partial charge on any atom is 0.339 e. The smallest absolute Gasteiger partial charge is 0.339 e. The Balaban J connectivity index is 2.40. The number of fused-ring (bicyclic) bond motifs is 1. The summed E-state index contributed by atoms with van der Waals surface area (Å²) in [6.07, 6.45) is 1.30. The molecule has 2 heterocycles. The second-order valence-electron chi connectivity index (χ2n) is 4.65. The van der Waals surface area contributed by atoms with Crippen LogP contribution in [0.3, 0.4) is 0 Å². The predicted octanol–water partition coefficient (Wildman–Crippen LogP) is 2.71. The fourth-order valence-corrected chi connectivity index (χ4v) is 2.49. The van der Waals surface area contributed by atoms with Crippen LogP contribution in [-0.4, -0.2) is 25.8 Å². The number of hydrogen-bond acceptors (Lipinski definition) is 2. The summed E-state index contributed by atoms with van der Waals surface area (Å²) < 4.78 is 15.0. The van der Waals surface area contributed by atoms with E-state index in [0.717, 1.165) is 11.2 Å². The van der Waals surface area contributed by atoms with Crippen LogP contribution in [0.25, 0.3) is 22.2 Å². The van der Waals surface area contributed by atoms with E-state index >= 15 is 0 Å². The Hall–Kier alpha value is -2.63. The highest BCUT2D eigenvalue weighted by molar-refractivity contribution is 6.03. The number of nitrogens with one attached hydrogen (secondary N) is 1. The summed E-state index contributed by atoms with van der Waals surface area (Å²) >= 11 is 0. The first kappa shape index (κ1) is 12.4. The highest BCUT2D eigenvalue weighted by Gasteiger charge is 2.21. The molecule has 3 aromatic rings. The van der Waals surface area contributed by atoms with Crippen LogP contribution in [0.15, 0.2) is 24.4 Å². The van der Waals surface area contributed by atoms with Gasteiger partial charge in [-0.1, -0.05) is 0 Å². The maximum absolute atomic E-state index is 13.5. The second kappa shape index (κ2) is 4.19. The molecule has 102 valence electrons. The van der Waals surface area contributed by atoms with Gasteiger partial charge in [-0.05, 0) is 25.1 Å². The fourth-order valence-electron chi connectivity index (χ4n) is 2.49. The summed E-state index contributed by atoms with van der Waals surface area (Å²) in [6.45, 7) is 1.83. The molecule has 2 aromatic heterocycles. The van der Waals surface area contributed by atoms with Crippen molar-refractivity contribution in [1.82, 2.24) is 14.8 Å². The molecular formula is C14H12FN3O2. The summed E-state index contributed by atoms with van der Waals surface area (Å²) in [7, 11) is 1.67. The van der Waals surface area contributed by atoms with E-state index in [1.165, 1.54) is 23.0 Å². The summed E-state index contributed by atoms with van der Waals surface area (Å²) in [4.78, 5) is 14.4. The highest BCUT2D eigenvalue weighted by atomic mass is 19.1. The average molecular weight is 273 g/mol. The SMILES string of the molecule is Cc1[nH]c2ccc(F)cc2c1-c1c(C(=O)O)cnn1C. The molecule has 0 aliphatic rings. The molecule has 3 rings (SSSR count). The molecule has 0 spiro atoms. The molecule has 0 radical (unpaired) electrons. The van der Waals surface area contributed by atoms with Gasteiger partial charge in [0.1, 0.15) is 11.4 Å². The molecule has 0 saturated carbocycles. The third kappa shape index (κ3) is 1.69. The number of aromatic amines is 1.